The van der Waals surface area contributed by atoms with E-state index >= 15 is 0 Å². The Morgan fingerprint density at radius 1 is 1.26 bits per heavy atom. The summed E-state index contributed by atoms with van der Waals surface area (Å²) in [7, 11) is 0. The molecule has 104 valence electrons. The van der Waals surface area contributed by atoms with Crippen LogP contribution in [0.3, 0.4) is 0 Å². The Bertz CT molecular complexity index is 475. The van der Waals surface area contributed by atoms with Gasteiger partial charge in [-0.2, -0.15) is 0 Å². The summed E-state index contributed by atoms with van der Waals surface area (Å²) < 4.78 is 0. The number of benzene rings is 1. The third kappa shape index (κ3) is 4.39. The normalized spacial score (nSPS) is 12.8. The fraction of sp³-hybridized carbons (Fsp3) is 0.467. The van der Waals surface area contributed by atoms with Crippen LogP contribution in [0.25, 0.3) is 0 Å². The lowest BCUT2D eigenvalue weighted by molar-refractivity contribution is -0.121. The van der Waals surface area contributed by atoms with Gasteiger partial charge in [-0.25, -0.2) is 4.79 Å². The molecule has 4 nitrogen and oxygen atoms in total. The molecule has 0 spiro atoms. The molecule has 0 fully saturated rings. The monoisotopic (exact) mass is 263 g/mol. The number of hydrogen-bond acceptors (Lipinski definition) is 2. The summed E-state index contributed by atoms with van der Waals surface area (Å²) in [6.07, 6.45) is 0.0862. The molecule has 0 aliphatic rings. The van der Waals surface area contributed by atoms with Gasteiger partial charge in [-0.3, -0.25) is 4.79 Å². The highest BCUT2D eigenvalue weighted by Gasteiger charge is 2.22. The highest BCUT2D eigenvalue weighted by Crippen LogP contribution is 2.18. The first-order valence-corrected chi connectivity index (χ1v) is 6.32. The van der Waals surface area contributed by atoms with Gasteiger partial charge in [0.25, 0.3) is 0 Å². The Hall–Kier alpha value is -1.84. The van der Waals surface area contributed by atoms with E-state index in [1.807, 2.05) is 27.7 Å². The van der Waals surface area contributed by atoms with E-state index in [-0.39, 0.29) is 29.3 Å². The zero-order chi connectivity index (χ0) is 14.6. The largest absolute Gasteiger partial charge is 0.478 e. The van der Waals surface area contributed by atoms with E-state index in [1.54, 1.807) is 18.2 Å². The number of amides is 1. The van der Waals surface area contributed by atoms with E-state index in [1.165, 1.54) is 6.07 Å². The van der Waals surface area contributed by atoms with Crippen molar-refractivity contribution >= 4 is 11.9 Å². The van der Waals surface area contributed by atoms with Crippen LogP contribution in [-0.2, 0) is 11.2 Å². The van der Waals surface area contributed by atoms with Crippen molar-refractivity contribution < 1.29 is 14.7 Å². The third-order valence-corrected chi connectivity index (χ3v) is 3.28. The highest BCUT2D eigenvalue weighted by atomic mass is 16.4. The molecule has 1 amide bonds. The van der Waals surface area contributed by atoms with Gasteiger partial charge < -0.3 is 10.4 Å². The molecule has 0 radical (unpaired) electrons. The van der Waals surface area contributed by atoms with Gasteiger partial charge in [0.2, 0.25) is 5.91 Å². The van der Waals surface area contributed by atoms with Gasteiger partial charge in [-0.05, 0) is 24.0 Å². The predicted octanol–water partition coefficient (Wildman–Crippen LogP) is 2.48. The zero-order valence-corrected chi connectivity index (χ0v) is 11.9. The number of carbonyl (C=O) groups excluding carboxylic acids is 1. The van der Waals surface area contributed by atoms with Gasteiger partial charge >= 0.3 is 5.97 Å². The number of carboxylic acid groups (broad SMARTS) is 1. The molecule has 19 heavy (non-hydrogen) atoms. The molecule has 1 rings (SSSR count). The number of aromatic carboxylic acids is 1. The topological polar surface area (TPSA) is 66.4 Å². The van der Waals surface area contributed by atoms with E-state index in [2.05, 4.69) is 5.32 Å². The first-order chi connectivity index (χ1) is 8.71. The van der Waals surface area contributed by atoms with Crippen LogP contribution in [0.5, 0.6) is 0 Å². The van der Waals surface area contributed by atoms with Crippen LogP contribution in [0, 0.1) is 5.41 Å². The Kier molecular flexibility index (Phi) is 4.70. The van der Waals surface area contributed by atoms with Gasteiger partial charge in [-0.15, -0.1) is 0 Å². The molecular weight excluding hydrogens is 242 g/mol. The van der Waals surface area contributed by atoms with Crippen LogP contribution in [0.4, 0.5) is 0 Å². The minimum atomic E-state index is -1.01. The summed E-state index contributed by atoms with van der Waals surface area (Å²) in [5, 5.41) is 12.0. The van der Waals surface area contributed by atoms with Crippen molar-refractivity contribution in [2.45, 2.75) is 40.2 Å². The lowest BCUT2D eigenvalue weighted by Crippen LogP contribution is -2.42. The number of rotatable bonds is 4. The quantitative estimate of drug-likeness (QED) is 0.877. The van der Waals surface area contributed by atoms with Crippen LogP contribution >= 0.6 is 0 Å². The lowest BCUT2D eigenvalue weighted by Gasteiger charge is -2.28. The van der Waals surface area contributed by atoms with Crippen LogP contribution in [0.2, 0.25) is 0 Å². The molecule has 0 aromatic heterocycles. The summed E-state index contributed by atoms with van der Waals surface area (Å²) >= 11 is 0. The van der Waals surface area contributed by atoms with Gasteiger partial charge in [0.1, 0.15) is 0 Å². The second-order valence-corrected chi connectivity index (χ2v) is 5.79. The van der Waals surface area contributed by atoms with Crippen molar-refractivity contribution in [3.8, 4) is 0 Å². The van der Waals surface area contributed by atoms with Gasteiger partial charge in [-0.1, -0.05) is 39.0 Å². The molecule has 1 aromatic rings. The standard InChI is InChI=1S/C15H21NO3/c1-10(15(2,3)4)16-13(17)9-11-7-5-6-8-12(11)14(18)19/h5-8,10H,9H2,1-4H3,(H,16,17)(H,18,19). The van der Waals surface area contributed by atoms with Crippen LogP contribution < -0.4 is 5.32 Å². The van der Waals surface area contributed by atoms with E-state index < -0.39 is 5.97 Å². The molecule has 2 N–H and O–H groups in total. The average molecular weight is 263 g/mol. The fourth-order valence-corrected chi connectivity index (χ4v) is 1.57. The van der Waals surface area contributed by atoms with E-state index in [4.69, 9.17) is 5.11 Å². The van der Waals surface area contributed by atoms with Crippen LogP contribution in [0.1, 0.15) is 43.6 Å². The first kappa shape index (κ1) is 15.2. The van der Waals surface area contributed by atoms with Gasteiger partial charge in [0.15, 0.2) is 0 Å². The molecular formula is C15H21NO3. The summed E-state index contributed by atoms with van der Waals surface area (Å²) in [6, 6.07) is 6.60. The molecule has 0 saturated carbocycles. The zero-order valence-electron chi connectivity index (χ0n) is 11.9. The minimum absolute atomic E-state index is 0.0250. The van der Waals surface area contributed by atoms with Crippen LogP contribution in [0.15, 0.2) is 24.3 Å². The van der Waals surface area contributed by atoms with Crippen molar-refractivity contribution in [2.75, 3.05) is 0 Å². The second-order valence-electron chi connectivity index (χ2n) is 5.79. The minimum Gasteiger partial charge on any atom is -0.478 e. The number of carbonyl (C=O) groups is 2. The molecule has 1 atom stereocenters. The highest BCUT2D eigenvalue weighted by molar-refractivity contribution is 5.91. The molecule has 0 saturated heterocycles. The van der Waals surface area contributed by atoms with Crippen molar-refractivity contribution in [2.24, 2.45) is 5.41 Å². The number of hydrogen-bond donors (Lipinski definition) is 2. The molecule has 0 heterocycles. The summed E-state index contributed by atoms with van der Waals surface area (Å²) in [4.78, 5) is 23.0. The third-order valence-electron chi connectivity index (χ3n) is 3.28. The van der Waals surface area contributed by atoms with E-state index in [9.17, 15) is 9.59 Å². The molecule has 1 unspecified atom stereocenters. The second kappa shape index (κ2) is 5.87. The number of carboxylic acids is 1. The fourth-order valence-electron chi connectivity index (χ4n) is 1.57. The van der Waals surface area contributed by atoms with Crippen molar-refractivity contribution in [1.82, 2.24) is 5.32 Å². The predicted molar refractivity (Wildman–Crippen MR) is 74.2 cm³/mol. The first-order valence-electron chi connectivity index (χ1n) is 6.32. The van der Waals surface area contributed by atoms with Crippen molar-refractivity contribution in [1.29, 1.82) is 0 Å². The summed E-state index contributed by atoms with van der Waals surface area (Å²) in [5.41, 5.74) is 0.691. The Labute approximate surface area is 113 Å². The molecule has 4 heteroatoms. The lowest BCUT2D eigenvalue weighted by atomic mass is 9.88. The maximum atomic E-state index is 11.9. The SMILES string of the molecule is CC(NC(=O)Cc1ccccc1C(=O)O)C(C)(C)C. The molecule has 1 aromatic carbocycles. The van der Waals surface area contributed by atoms with E-state index in [0.29, 0.717) is 5.56 Å². The van der Waals surface area contributed by atoms with Crippen LogP contribution in [-0.4, -0.2) is 23.0 Å². The maximum Gasteiger partial charge on any atom is 0.335 e. The molecule has 0 aliphatic carbocycles. The van der Waals surface area contributed by atoms with Crippen molar-refractivity contribution in [3.05, 3.63) is 35.4 Å². The maximum absolute atomic E-state index is 11.9. The van der Waals surface area contributed by atoms with Gasteiger partial charge in [0, 0.05) is 6.04 Å². The Morgan fingerprint density at radius 2 is 1.84 bits per heavy atom. The van der Waals surface area contributed by atoms with Gasteiger partial charge in [0.05, 0.1) is 12.0 Å². The van der Waals surface area contributed by atoms with Crippen molar-refractivity contribution in [3.63, 3.8) is 0 Å². The average Bonchev–Trinajstić information content (AvgIpc) is 2.27. The van der Waals surface area contributed by atoms with E-state index in [0.717, 1.165) is 0 Å². The summed E-state index contributed by atoms with van der Waals surface area (Å²) in [6.45, 7) is 8.08. The smallest absolute Gasteiger partial charge is 0.335 e. The number of nitrogens with one attached hydrogen (secondary N) is 1. The Morgan fingerprint density at radius 3 is 2.37 bits per heavy atom. The molecule has 0 bridgehead atoms. The Balaban J connectivity index is 2.76. The summed E-state index contributed by atoms with van der Waals surface area (Å²) in [5.74, 6) is -1.16. The molecule has 0 aliphatic heterocycles.